The standard InChI is InChI=1S/C16H29N3O2/c1-16(2,3)15(21)19-9-5-8-18(10-11-19)12-14(20)17(4)13-6-7-13/h13H,5-12H2,1-4H3. The maximum atomic E-state index is 12.3. The topological polar surface area (TPSA) is 43.9 Å². The van der Waals surface area contributed by atoms with E-state index in [1.807, 2.05) is 37.6 Å². The molecular weight excluding hydrogens is 266 g/mol. The number of hydrogen-bond donors (Lipinski definition) is 0. The van der Waals surface area contributed by atoms with Crippen LogP contribution < -0.4 is 0 Å². The number of hydrogen-bond acceptors (Lipinski definition) is 3. The van der Waals surface area contributed by atoms with Crippen LogP contribution in [0.5, 0.6) is 0 Å². The summed E-state index contributed by atoms with van der Waals surface area (Å²) < 4.78 is 0. The highest BCUT2D eigenvalue weighted by atomic mass is 16.2. The Morgan fingerprint density at radius 2 is 1.76 bits per heavy atom. The van der Waals surface area contributed by atoms with Gasteiger partial charge < -0.3 is 9.80 Å². The van der Waals surface area contributed by atoms with Crippen molar-refractivity contribution in [3.8, 4) is 0 Å². The monoisotopic (exact) mass is 295 g/mol. The van der Waals surface area contributed by atoms with Crippen LogP contribution >= 0.6 is 0 Å². The average molecular weight is 295 g/mol. The molecule has 5 heteroatoms. The summed E-state index contributed by atoms with van der Waals surface area (Å²) in [5, 5.41) is 0. The highest BCUT2D eigenvalue weighted by Crippen LogP contribution is 2.25. The second-order valence-electron chi connectivity index (χ2n) is 7.41. The van der Waals surface area contributed by atoms with Crippen molar-refractivity contribution in [1.82, 2.24) is 14.7 Å². The molecule has 0 spiro atoms. The van der Waals surface area contributed by atoms with Crippen LogP contribution in [0.25, 0.3) is 0 Å². The molecule has 0 aromatic heterocycles. The number of carbonyl (C=O) groups is 2. The fraction of sp³-hybridized carbons (Fsp3) is 0.875. The third-order valence-corrected chi connectivity index (χ3v) is 4.36. The van der Waals surface area contributed by atoms with Gasteiger partial charge in [-0.1, -0.05) is 20.8 Å². The Kier molecular flexibility index (Phi) is 4.91. The third kappa shape index (κ3) is 4.43. The van der Waals surface area contributed by atoms with E-state index in [0.717, 1.165) is 45.4 Å². The summed E-state index contributed by atoms with van der Waals surface area (Å²) in [4.78, 5) is 30.6. The van der Waals surface area contributed by atoms with Crippen LogP contribution in [0.1, 0.15) is 40.0 Å². The predicted molar refractivity (Wildman–Crippen MR) is 82.9 cm³/mol. The van der Waals surface area contributed by atoms with Crippen LogP contribution in [0.2, 0.25) is 0 Å². The first-order valence-corrected chi connectivity index (χ1v) is 8.06. The van der Waals surface area contributed by atoms with Crippen molar-refractivity contribution in [1.29, 1.82) is 0 Å². The molecule has 2 fully saturated rings. The van der Waals surface area contributed by atoms with Gasteiger partial charge in [-0.3, -0.25) is 14.5 Å². The zero-order chi connectivity index (χ0) is 15.6. The van der Waals surface area contributed by atoms with E-state index < -0.39 is 0 Å². The van der Waals surface area contributed by atoms with Crippen LogP contribution in [0.15, 0.2) is 0 Å². The molecule has 0 unspecified atom stereocenters. The lowest BCUT2D eigenvalue weighted by molar-refractivity contribution is -0.139. The van der Waals surface area contributed by atoms with Gasteiger partial charge in [-0.2, -0.15) is 0 Å². The summed E-state index contributed by atoms with van der Waals surface area (Å²) in [6.07, 6.45) is 3.24. The summed E-state index contributed by atoms with van der Waals surface area (Å²) in [6, 6.07) is 0.475. The van der Waals surface area contributed by atoms with Gasteiger partial charge in [0.25, 0.3) is 0 Å². The molecule has 1 aliphatic carbocycles. The van der Waals surface area contributed by atoms with Crippen molar-refractivity contribution < 1.29 is 9.59 Å². The minimum atomic E-state index is -0.322. The van der Waals surface area contributed by atoms with Crippen LogP contribution in [0.3, 0.4) is 0 Å². The highest BCUT2D eigenvalue weighted by Gasteiger charge is 2.31. The second-order valence-corrected chi connectivity index (χ2v) is 7.41. The van der Waals surface area contributed by atoms with E-state index in [-0.39, 0.29) is 17.2 Å². The molecule has 0 atom stereocenters. The lowest BCUT2D eigenvalue weighted by Gasteiger charge is -2.28. The molecule has 2 amide bonds. The Labute approximate surface area is 128 Å². The largest absolute Gasteiger partial charge is 0.342 e. The summed E-state index contributed by atoms with van der Waals surface area (Å²) in [5.74, 6) is 0.430. The van der Waals surface area contributed by atoms with Crippen molar-refractivity contribution in [3.05, 3.63) is 0 Å². The number of rotatable bonds is 3. The quantitative estimate of drug-likeness (QED) is 0.785. The van der Waals surface area contributed by atoms with Crippen LogP contribution in [0, 0.1) is 5.41 Å². The maximum absolute atomic E-state index is 12.3. The minimum Gasteiger partial charge on any atom is -0.342 e. The van der Waals surface area contributed by atoms with E-state index in [2.05, 4.69) is 4.90 Å². The smallest absolute Gasteiger partial charge is 0.236 e. The van der Waals surface area contributed by atoms with E-state index in [9.17, 15) is 9.59 Å². The lowest BCUT2D eigenvalue weighted by atomic mass is 9.94. The molecule has 0 N–H and O–H groups in total. The van der Waals surface area contributed by atoms with Gasteiger partial charge in [-0.25, -0.2) is 0 Å². The van der Waals surface area contributed by atoms with Gasteiger partial charge in [-0.15, -0.1) is 0 Å². The molecule has 21 heavy (non-hydrogen) atoms. The highest BCUT2D eigenvalue weighted by molar-refractivity contribution is 5.81. The zero-order valence-corrected chi connectivity index (χ0v) is 13.9. The molecule has 1 heterocycles. The molecular formula is C16H29N3O2. The summed E-state index contributed by atoms with van der Waals surface area (Å²) in [7, 11) is 1.91. The predicted octanol–water partition coefficient (Wildman–Crippen LogP) is 1.19. The van der Waals surface area contributed by atoms with Crippen molar-refractivity contribution in [3.63, 3.8) is 0 Å². The Morgan fingerprint density at radius 3 is 2.33 bits per heavy atom. The molecule has 0 aromatic carbocycles. The van der Waals surface area contributed by atoms with Crippen molar-refractivity contribution in [2.75, 3.05) is 39.8 Å². The number of likely N-dealkylation sites (N-methyl/N-ethyl adjacent to an activating group) is 1. The van der Waals surface area contributed by atoms with E-state index in [4.69, 9.17) is 0 Å². The zero-order valence-electron chi connectivity index (χ0n) is 13.9. The van der Waals surface area contributed by atoms with E-state index in [1.165, 1.54) is 0 Å². The fourth-order valence-corrected chi connectivity index (χ4v) is 2.77. The minimum absolute atomic E-state index is 0.214. The van der Waals surface area contributed by atoms with Gasteiger partial charge in [0.15, 0.2) is 0 Å². The first-order chi connectivity index (χ1) is 9.79. The molecule has 1 aliphatic heterocycles. The number of amides is 2. The van der Waals surface area contributed by atoms with Gasteiger partial charge in [0, 0.05) is 44.7 Å². The molecule has 5 nitrogen and oxygen atoms in total. The van der Waals surface area contributed by atoms with Crippen LogP contribution in [-0.4, -0.2) is 72.3 Å². The Balaban J connectivity index is 1.83. The molecule has 1 saturated carbocycles. The van der Waals surface area contributed by atoms with E-state index in [0.29, 0.717) is 12.6 Å². The van der Waals surface area contributed by atoms with Crippen molar-refractivity contribution in [2.24, 2.45) is 5.41 Å². The fourth-order valence-electron chi connectivity index (χ4n) is 2.77. The summed E-state index contributed by atoms with van der Waals surface area (Å²) in [5.41, 5.74) is -0.322. The SMILES string of the molecule is CN(C(=O)CN1CCCN(C(=O)C(C)(C)C)CC1)C1CC1. The average Bonchev–Trinajstić information content (AvgIpc) is 3.23. The molecule has 0 radical (unpaired) electrons. The maximum Gasteiger partial charge on any atom is 0.236 e. The van der Waals surface area contributed by atoms with Crippen LogP contribution in [-0.2, 0) is 9.59 Å². The molecule has 2 aliphatic rings. The summed E-state index contributed by atoms with van der Waals surface area (Å²) >= 11 is 0. The molecule has 1 saturated heterocycles. The van der Waals surface area contributed by atoms with Gasteiger partial charge >= 0.3 is 0 Å². The van der Waals surface area contributed by atoms with Crippen LogP contribution in [0.4, 0.5) is 0 Å². The lowest BCUT2D eigenvalue weighted by Crippen LogP contribution is -2.43. The molecule has 0 aromatic rings. The van der Waals surface area contributed by atoms with E-state index in [1.54, 1.807) is 0 Å². The van der Waals surface area contributed by atoms with Gasteiger partial charge in [0.2, 0.25) is 11.8 Å². The molecule has 0 bridgehead atoms. The Hall–Kier alpha value is -1.10. The second kappa shape index (κ2) is 6.34. The summed E-state index contributed by atoms with van der Waals surface area (Å²) in [6.45, 7) is 9.62. The molecule has 120 valence electrons. The van der Waals surface area contributed by atoms with Crippen molar-refractivity contribution >= 4 is 11.8 Å². The Morgan fingerprint density at radius 1 is 1.10 bits per heavy atom. The van der Waals surface area contributed by atoms with Crippen molar-refractivity contribution in [2.45, 2.75) is 46.1 Å². The normalized spacial score (nSPS) is 21.0. The first-order valence-electron chi connectivity index (χ1n) is 8.06. The van der Waals surface area contributed by atoms with Gasteiger partial charge in [0.05, 0.1) is 6.54 Å². The number of nitrogens with zero attached hydrogens (tertiary/aromatic N) is 3. The first kappa shape index (κ1) is 16.3. The molecule has 2 rings (SSSR count). The third-order valence-electron chi connectivity index (χ3n) is 4.36. The van der Waals surface area contributed by atoms with E-state index >= 15 is 0 Å². The number of carbonyl (C=O) groups excluding carboxylic acids is 2. The van der Waals surface area contributed by atoms with Gasteiger partial charge in [-0.05, 0) is 19.3 Å². The van der Waals surface area contributed by atoms with Gasteiger partial charge in [0.1, 0.15) is 0 Å². The Bertz CT molecular complexity index is 399.